The average molecular weight is 441 g/mol. The Morgan fingerprint density at radius 1 is 1.19 bits per heavy atom. The van der Waals surface area contributed by atoms with Crippen LogP contribution in [0, 0.1) is 5.82 Å². The molecule has 9 heteroatoms. The fourth-order valence-corrected chi connectivity index (χ4v) is 5.28. The molecule has 162 valence electrons. The Morgan fingerprint density at radius 2 is 2.10 bits per heavy atom. The molecule has 1 atom stereocenters. The molecule has 31 heavy (non-hydrogen) atoms. The lowest BCUT2D eigenvalue weighted by Gasteiger charge is -2.41. The molecule has 0 spiro atoms. The van der Waals surface area contributed by atoms with E-state index in [1.807, 2.05) is 18.3 Å². The molecule has 1 aliphatic heterocycles. The van der Waals surface area contributed by atoms with Crippen molar-refractivity contribution in [1.82, 2.24) is 20.2 Å². The summed E-state index contributed by atoms with van der Waals surface area (Å²) in [5.74, 6) is 0.411. The first-order valence-electron chi connectivity index (χ1n) is 10.7. The van der Waals surface area contributed by atoms with Crippen LogP contribution in [0.25, 0.3) is 10.7 Å². The third kappa shape index (κ3) is 4.12. The molecule has 0 bridgehead atoms. The second kappa shape index (κ2) is 8.47. The largest absolute Gasteiger partial charge is 0.391 e. The van der Waals surface area contributed by atoms with Crippen LogP contribution in [0.4, 0.5) is 15.2 Å². The van der Waals surface area contributed by atoms with E-state index in [1.54, 1.807) is 23.6 Å². The van der Waals surface area contributed by atoms with Gasteiger partial charge in [-0.2, -0.15) is 0 Å². The van der Waals surface area contributed by atoms with Crippen LogP contribution in [0.15, 0.2) is 36.7 Å². The molecule has 7 nitrogen and oxygen atoms in total. The predicted molar refractivity (Wildman–Crippen MR) is 119 cm³/mol. The topological polar surface area (TPSA) is 87.1 Å². The first kappa shape index (κ1) is 20.3. The van der Waals surface area contributed by atoms with Gasteiger partial charge in [0.1, 0.15) is 27.3 Å². The van der Waals surface area contributed by atoms with E-state index in [-0.39, 0.29) is 17.3 Å². The number of thiazole rings is 1. The predicted octanol–water partition coefficient (Wildman–Crippen LogP) is 3.63. The maximum Gasteiger partial charge on any atom is 0.148 e. The zero-order chi connectivity index (χ0) is 21.3. The van der Waals surface area contributed by atoms with Crippen LogP contribution in [0.5, 0.6) is 0 Å². The van der Waals surface area contributed by atoms with Crippen LogP contribution in [0.1, 0.15) is 37.8 Å². The molecule has 1 saturated heterocycles. The summed E-state index contributed by atoms with van der Waals surface area (Å²) in [7, 11) is 0. The second-order valence-electron chi connectivity index (χ2n) is 8.37. The van der Waals surface area contributed by atoms with E-state index in [1.165, 1.54) is 6.07 Å². The lowest BCUT2D eigenvalue weighted by molar-refractivity contribution is 0.154. The standard InChI is InChI=1S/C22H25FN6OS/c23-16-5-1-10-24-20(16)22(8-3-9-22)14-26-18-7-6-17(27-28-18)21-25-12-19(31-21)29-11-2-4-15(30)13-29/h1,5-7,10,12,15,30H,2-4,8-9,11,13-14H2,(H,26,28). The maximum atomic E-state index is 14.3. The Labute approximate surface area is 184 Å². The molecule has 2 fully saturated rings. The van der Waals surface area contributed by atoms with Gasteiger partial charge in [-0.1, -0.05) is 17.8 Å². The van der Waals surface area contributed by atoms with Crippen LogP contribution in [-0.2, 0) is 5.41 Å². The van der Waals surface area contributed by atoms with E-state index < -0.39 is 0 Å². The van der Waals surface area contributed by atoms with E-state index in [9.17, 15) is 9.50 Å². The molecule has 0 amide bonds. The van der Waals surface area contributed by atoms with Gasteiger partial charge < -0.3 is 15.3 Å². The number of anilines is 2. The van der Waals surface area contributed by atoms with E-state index in [4.69, 9.17) is 0 Å². The van der Waals surface area contributed by atoms with Crippen molar-refractivity contribution in [3.63, 3.8) is 0 Å². The van der Waals surface area contributed by atoms with Gasteiger partial charge in [0.15, 0.2) is 0 Å². The summed E-state index contributed by atoms with van der Waals surface area (Å²) >= 11 is 1.56. The number of aliphatic hydroxyl groups excluding tert-OH is 1. The zero-order valence-electron chi connectivity index (χ0n) is 17.2. The molecule has 0 radical (unpaired) electrons. The van der Waals surface area contributed by atoms with Crippen LogP contribution in [0.2, 0.25) is 0 Å². The van der Waals surface area contributed by atoms with Gasteiger partial charge in [0, 0.05) is 31.2 Å². The van der Waals surface area contributed by atoms with Crippen molar-refractivity contribution in [2.75, 3.05) is 29.9 Å². The first-order valence-corrected chi connectivity index (χ1v) is 11.5. The van der Waals surface area contributed by atoms with E-state index in [0.717, 1.165) is 48.7 Å². The van der Waals surface area contributed by atoms with E-state index in [2.05, 4.69) is 30.4 Å². The number of rotatable bonds is 6. The summed E-state index contributed by atoms with van der Waals surface area (Å²) in [5.41, 5.74) is 0.972. The maximum absolute atomic E-state index is 14.3. The third-order valence-corrected chi connectivity index (χ3v) is 7.35. The number of hydrogen-bond donors (Lipinski definition) is 2. The number of hydrogen-bond acceptors (Lipinski definition) is 8. The van der Waals surface area contributed by atoms with E-state index >= 15 is 0 Å². The van der Waals surface area contributed by atoms with Crippen molar-refractivity contribution in [1.29, 1.82) is 0 Å². The van der Waals surface area contributed by atoms with Gasteiger partial charge in [-0.05, 0) is 49.9 Å². The minimum Gasteiger partial charge on any atom is -0.391 e. The molecule has 1 saturated carbocycles. The molecule has 3 aromatic heterocycles. The van der Waals surface area contributed by atoms with Gasteiger partial charge in [-0.25, -0.2) is 9.37 Å². The lowest BCUT2D eigenvalue weighted by atomic mass is 9.66. The highest BCUT2D eigenvalue weighted by molar-refractivity contribution is 7.18. The quantitative estimate of drug-likeness (QED) is 0.605. The van der Waals surface area contributed by atoms with Crippen LogP contribution in [-0.4, -0.2) is 51.0 Å². The molecule has 3 aromatic rings. The van der Waals surface area contributed by atoms with Gasteiger partial charge in [-0.15, -0.1) is 10.2 Å². The van der Waals surface area contributed by atoms with Crippen molar-refractivity contribution >= 4 is 22.2 Å². The zero-order valence-corrected chi connectivity index (χ0v) is 18.0. The molecule has 5 rings (SSSR count). The van der Waals surface area contributed by atoms with Crippen LogP contribution in [0.3, 0.4) is 0 Å². The minimum absolute atomic E-state index is 0.244. The molecular formula is C22H25FN6OS. The number of aliphatic hydroxyl groups is 1. The Morgan fingerprint density at radius 3 is 2.81 bits per heavy atom. The summed E-state index contributed by atoms with van der Waals surface area (Å²) in [4.78, 5) is 11.0. The summed E-state index contributed by atoms with van der Waals surface area (Å²) in [6, 6.07) is 6.89. The minimum atomic E-state index is -0.283. The van der Waals surface area contributed by atoms with Gasteiger partial charge in [-0.3, -0.25) is 4.98 Å². The summed E-state index contributed by atoms with van der Waals surface area (Å²) in [5, 5.41) is 23.7. The molecule has 1 aliphatic carbocycles. The fourth-order valence-electron chi connectivity index (χ4n) is 4.36. The van der Waals surface area contributed by atoms with Crippen molar-refractivity contribution in [3.8, 4) is 10.7 Å². The van der Waals surface area contributed by atoms with Crippen molar-refractivity contribution in [3.05, 3.63) is 48.2 Å². The van der Waals surface area contributed by atoms with Crippen LogP contribution >= 0.6 is 11.3 Å². The normalized spacial score (nSPS) is 20.3. The summed E-state index contributed by atoms with van der Waals surface area (Å²) in [6.45, 7) is 2.16. The van der Waals surface area contributed by atoms with Gasteiger partial charge in [0.2, 0.25) is 0 Å². The highest BCUT2D eigenvalue weighted by Crippen LogP contribution is 2.43. The van der Waals surface area contributed by atoms with Gasteiger partial charge >= 0.3 is 0 Å². The Kier molecular flexibility index (Phi) is 5.54. The Balaban J connectivity index is 1.25. The van der Waals surface area contributed by atoms with Crippen molar-refractivity contribution in [2.45, 2.75) is 43.6 Å². The molecule has 0 aromatic carbocycles. The van der Waals surface area contributed by atoms with Crippen molar-refractivity contribution < 1.29 is 9.50 Å². The smallest absolute Gasteiger partial charge is 0.148 e. The number of pyridine rings is 1. The molecule has 2 aliphatic rings. The SMILES string of the molecule is OC1CCCN(c2cnc(-c3ccc(NCC4(c5ncccc5F)CCC4)nn3)s2)C1. The van der Waals surface area contributed by atoms with Crippen molar-refractivity contribution in [2.24, 2.45) is 0 Å². The molecule has 4 heterocycles. The molecular weight excluding hydrogens is 415 g/mol. The number of nitrogens with one attached hydrogen (secondary N) is 1. The second-order valence-corrected chi connectivity index (χ2v) is 9.38. The summed E-state index contributed by atoms with van der Waals surface area (Å²) < 4.78 is 14.3. The third-order valence-electron chi connectivity index (χ3n) is 6.26. The number of nitrogens with zero attached hydrogens (tertiary/aromatic N) is 5. The molecule has 1 unspecified atom stereocenters. The Bertz CT molecular complexity index is 1040. The number of piperidine rings is 1. The number of aromatic nitrogens is 4. The molecule has 2 N–H and O–H groups in total. The number of β-amino-alcohol motifs (C(OH)–C–C–N with tert-alkyl or cyclic N) is 1. The van der Waals surface area contributed by atoms with Gasteiger partial charge in [0.25, 0.3) is 0 Å². The fraction of sp³-hybridized carbons (Fsp3) is 0.455. The highest BCUT2D eigenvalue weighted by atomic mass is 32.1. The number of halogens is 1. The highest BCUT2D eigenvalue weighted by Gasteiger charge is 2.41. The lowest BCUT2D eigenvalue weighted by Crippen LogP contribution is -2.42. The Hall–Kier alpha value is -2.65. The van der Waals surface area contributed by atoms with Crippen LogP contribution < -0.4 is 10.2 Å². The average Bonchev–Trinajstić information content (AvgIpc) is 3.25. The summed E-state index contributed by atoms with van der Waals surface area (Å²) in [6.07, 6.45) is 7.95. The first-order chi connectivity index (χ1) is 15.1. The van der Waals surface area contributed by atoms with E-state index in [0.29, 0.717) is 30.3 Å². The van der Waals surface area contributed by atoms with Gasteiger partial charge in [0.05, 0.1) is 18.0 Å². The monoisotopic (exact) mass is 440 g/mol.